The molecule has 2 atom stereocenters. The van der Waals surface area contributed by atoms with Crippen molar-refractivity contribution in [1.82, 2.24) is 0 Å². The Balaban J connectivity index is 4.42. The van der Waals surface area contributed by atoms with E-state index in [1.54, 1.807) is 0 Å². The summed E-state index contributed by atoms with van der Waals surface area (Å²) in [5.41, 5.74) is 0. The van der Waals surface area contributed by atoms with Crippen molar-refractivity contribution in [2.24, 2.45) is 0 Å². The van der Waals surface area contributed by atoms with Crippen LogP contribution in [-0.4, -0.2) is 74.9 Å². The lowest BCUT2D eigenvalue weighted by Gasteiger charge is -2.24. The van der Waals surface area contributed by atoms with Gasteiger partial charge in [0, 0.05) is 12.8 Å². The Kier molecular flexibility index (Phi) is 34.2. The number of hydrogen-bond acceptors (Lipinski definition) is 7. The third-order valence-electron chi connectivity index (χ3n) is 8.95. The third kappa shape index (κ3) is 38.2. The van der Waals surface area contributed by atoms with Crippen LogP contribution in [0.5, 0.6) is 0 Å². The van der Waals surface area contributed by atoms with Gasteiger partial charge in [0.25, 0.3) is 0 Å². The normalized spacial score (nSPS) is 13.9. The van der Waals surface area contributed by atoms with Gasteiger partial charge in [0.05, 0.1) is 27.7 Å². The summed E-state index contributed by atoms with van der Waals surface area (Å²) in [5, 5.41) is 0. The number of esters is 2. The zero-order valence-electron chi connectivity index (χ0n) is 34.3. The topological polar surface area (TPSA) is 108 Å². The van der Waals surface area contributed by atoms with Crippen molar-refractivity contribution in [1.29, 1.82) is 0 Å². The van der Waals surface area contributed by atoms with Gasteiger partial charge in [0.1, 0.15) is 19.8 Å². The monoisotopic (exact) mass is 759 g/mol. The summed E-state index contributed by atoms with van der Waals surface area (Å²) in [7, 11) is 1.46. The van der Waals surface area contributed by atoms with Crippen LogP contribution in [0, 0.1) is 0 Å². The van der Waals surface area contributed by atoms with E-state index in [0.717, 1.165) is 57.8 Å². The van der Waals surface area contributed by atoms with Crippen LogP contribution in [0.3, 0.4) is 0 Å². The summed E-state index contributed by atoms with van der Waals surface area (Å²) in [6.07, 6.45) is 36.5. The Morgan fingerprint density at radius 3 is 1.44 bits per heavy atom. The maximum atomic E-state index is 12.6. The standard InChI is InChI=1S/C42H80NO8P/c1-6-8-10-12-14-16-18-20-21-23-25-27-29-31-33-35-42(45)51-40(39-50-52(46,47)49-37-36-43(3,4)5)38-48-41(44)34-32-30-28-26-24-22-19-17-15-13-11-9-7-2/h20-22,24,40H,6-19,23,25-39H2,1-5H3/p+1/b21-20-,24-22-. The second kappa shape index (κ2) is 35.2. The molecule has 52 heavy (non-hydrogen) atoms. The van der Waals surface area contributed by atoms with E-state index in [2.05, 4.69) is 38.2 Å². The summed E-state index contributed by atoms with van der Waals surface area (Å²) in [4.78, 5) is 35.3. The lowest BCUT2D eigenvalue weighted by atomic mass is 10.1. The molecule has 9 nitrogen and oxygen atoms in total. The fourth-order valence-corrected chi connectivity index (χ4v) is 6.33. The molecule has 0 heterocycles. The van der Waals surface area contributed by atoms with Gasteiger partial charge in [0.2, 0.25) is 0 Å². The molecule has 0 aromatic heterocycles. The smallest absolute Gasteiger partial charge is 0.462 e. The number of rotatable bonds is 38. The molecule has 0 saturated heterocycles. The Morgan fingerprint density at radius 2 is 0.981 bits per heavy atom. The summed E-state index contributed by atoms with van der Waals surface area (Å²) in [6, 6.07) is 0. The number of phosphoric acid groups is 1. The van der Waals surface area contributed by atoms with Gasteiger partial charge in [-0.15, -0.1) is 0 Å². The second-order valence-corrected chi connectivity index (χ2v) is 16.8. The molecular formula is C42H81NO8P+. The van der Waals surface area contributed by atoms with Crippen LogP contribution in [-0.2, 0) is 32.7 Å². The molecule has 0 amide bonds. The van der Waals surface area contributed by atoms with Crippen molar-refractivity contribution in [3.05, 3.63) is 24.3 Å². The summed E-state index contributed by atoms with van der Waals surface area (Å²) in [5.74, 6) is -0.825. The Morgan fingerprint density at radius 1 is 0.577 bits per heavy atom. The lowest BCUT2D eigenvalue weighted by molar-refractivity contribution is -0.870. The van der Waals surface area contributed by atoms with Crippen molar-refractivity contribution in [3.8, 4) is 0 Å². The van der Waals surface area contributed by atoms with Gasteiger partial charge < -0.3 is 18.9 Å². The summed E-state index contributed by atoms with van der Waals surface area (Å²) in [6.45, 7) is 4.38. The SMILES string of the molecule is CCCCCCCC/C=C\CCCCCCCC(=O)OC(COC(=O)CCCCC/C=C\CCCCCCCC)COP(=O)(O)OCC[N+](C)(C)C. The van der Waals surface area contributed by atoms with Crippen LogP contribution in [0.15, 0.2) is 24.3 Å². The van der Waals surface area contributed by atoms with Crippen LogP contribution in [0.4, 0.5) is 0 Å². The van der Waals surface area contributed by atoms with Gasteiger partial charge in [-0.3, -0.25) is 18.6 Å². The van der Waals surface area contributed by atoms with E-state index in [9.17, 15) is 19.0 Å². The quantitative estimate of drug-likeness (QED) is 0.0218. The second-order valence-electron chi connectivity index (χ2n) is 15.4. The van der Waals surface area contributed by atoms with Crippen molar-refractivity contribution < 1.29 is 42.1 Å². The first kappa shape index (κ1) is 50.5. The molecule has 1 N–H and O–H groups in total. The molecule has 0 spiro atoms. The number of likely N-dealkylation sites (N-methyl/N-ethyl adjacent to an activating group) is 1. The fourth-order valence-electron chi connectivity index (χ4n) is 5.59. The van der Waals surface area contributed by atoms with Crippen LogP contribution in [0.2, 0.25) is 0 Å². The zero-order valence-corrected chi connectivity index (χ0v) is 35.2. The van der Waals surface area contributed by atoms with Crippen molar-refractivity contribution >= 4 is 19.8 Å². The van der Waals surface area contributed by atoms with Crippen molar-refractivity contribution in [2.75, 3.05) is 47.5 Å². The van der Waals surface area contributed by atoms with Crippen molar-refractivity contribution in [2.45, 2.75) is 187 Å². The Hall–Kier alpha value is -1.51. The predicted octanol–water partition coefficient (Wildman–Crippen LogP) is 11.6. The van der Waals surface area contributed by atoms with Gasteiger partial charge in [-0.05, 0) is 64.2 Å². The molecule has 0 bridgehead atoms. The van der Waals surface area contributed by atoms with Gasteiger partial charge in [-0.1, -0.05) is 128 Å². The van der Waals surface area contributed by atoms with Gasteiger partial charge in [-0.25, -0.2) is 4.57 Å². The van der Waals surface area contributed by atoms with E-state index in [4.69, 9.17) is 18.5 Å². The minimum absolute atomic E-state index is 0.0289. The predicted molar refractivity (Wildman–Crippen MR) is 215 cm³/mol. The van der Waals surface area contributed by atoms with Gasteiger partial charge in [-0.2, -0.15) is 0 Å². The number of allylic oxidation sites excluding steroid dienone is 4. The fraction of sp³-hybridized carbons (Fsp3) is 0.857. The minimum Gasteiger partial charge on any atom is -0.462 e. The number of carbonyl (C=O) groups excluding carboxylic acids is 2. The zero-order chi connectivity index (χ0) is 38.6. The highest BCUT2D eigenvalue weighted by atomic mass is 31.2. The van der Waals surface area contributed by atoms with Crippen LogP contribution >= 0.6 is 7.82 Å². The molecule has 0 aromatic carbocycles. The Labute approximate surface area is 319 Å². The number of nitrogens with zero attached hydrogens (tertiary/aromatic N) is 1. The molecule has 2 unspecified atom stereocenters. The lowest BCUT2D eigenvalue weighted by Crippen LogP contribution is -2.37. The highest BCUT2D eigenvalue weighted by molar-refractivity contribution is 7.47. The maximum Gasteiger partial charge on any atom is 0.472 e. The van der Waals surface area contributed by atoms with E-state index in [-0.39, 0.29) is 32.0 Å². The number of ether oxygens (including phenoxy) is 2. The van der Waals surface area contributed by atoms with E-state index in [1.807, 2.05) is 21.1 Å². The highest BCUT2D eigenvalue weighted by Gasteiger charge is 2.27. The van der Waals surface area contributed by atoms with E-state index >= 15 is 0 Å². The summed E-state index contributed by atoms with van der Waals surface area (Å²) < 4.78 is 34.2. The average Bonchev–Trinajstić information content (AvgIpc) is 3.09. The number of phosphoric ester groups is 1. The number of hydrogen-bond donors (Lipinski definition) is 1. The average molecular weight is 759 g/mol. The first-order valence-electron chi connectivity index (χ1n) is 21.1. The molecule has 0 aliphatic heterocycles. The van der Waals surface area contributed by atoms with Crippen LogP contribution in [0.25, 0.3) is 0 Å². The minimum atomic E-state index is -4.37. The number of quaternary nitrogens is 1. The molecule has 0 aliphatic carbocycles. The molecule has 0 saturated carbocycles. The van der Waals surface area contributed by atoms with Gasteiger partial charge >= 0.3 is 19.8 Å². The summed E-state index contributed by atoms with van der Waals surface area (Å²) >= 11 is 0. The van der Waals surface area contributed by atoms with E-state index in [1.165, 1.54) is 83.5 Å². The molecule has 0 radical (unpaired) electrons. The first-order valence-corrected chi connectivity index (χ1v) is 22.6. The third-order valence-corrected chi connectivity index (χ3v) is 9.94. The molecule has 0 fully saturated rings. The van der Waals surface area contributed by atoms with Crippen LogP contribution < -0.4 is 0 Å². The molecular weight excluding hydrogens is 677 g/mol. The van der Waals surface area contributed by atoms with Crippen molar-refractivity contribution in [3.63, 3.8) is 0 Å². The van der Waals surface area contributed by atoms with E-state index in [0.29, 0.717) is 23.9 Å². The van der Waals surface area contributed by atoms with E-state index < -0.39 is 26.5 Å². The number of carbonyl (C=O) groups is 2. The molecule has 0 aliphatic rings. The van der Waals surface area contributed by atoms with Crippen LogP contribution in [0.1, 0.15) is 181 Å². The van der Waals surface area contributed by atoms with Gasteiger partial charge in [0.15, 0.2) is 6.10 Å². The molecule has 10 heteroatoms. The number of unbranched alkanes of at least 4 members (excludes halogenated alkanes) is 20. The molecule has 306 valence electrons. The Bertz CT molecular complexity index is 949. The highest BCUT2D eigenvalue weighted by Crippen LogP contribution is 2.43. The molecule has 0 rings (SSSR count). The molecule has 0 aromatic rings. The first-order chi connectivity index (χ1) is 25.0. The maximum absolute atomic E-state index is 12.6. The largest absolute Gasteiger partial charge is 0.472 e.